The van der Waals surface area contributed by atoms with Crippen LogP contribution in [0.4, 0.5) is 26.3 Å². The molecule has 0 spiro atoms. The molecule has 0 amide bonds. The summed E-state index contributed by atoms with van der Waals surface area (Å²) in [4.78, 5) is 0. The zero-order valence-electron chi connectivity index (χ0n) is 17.1. The summed E-state index contributed by atoms with van der Waals surface area (Å²) in [5.74, 6) is -6.72. The zero-order valence-corrected chi connectivity index (χ0v) is 17.1. The first-order chi connectivity index (χ1) is 15.3. The molecular weight excluding hydrogens is 426 g/mol. The van der Waals surface area contributed by atoms with E-state index in [2.05, 4.69) is 6.58 Å². The average Bonchev–Trinajstić information content (AvgIpc) is 2.79. The Morgan fingerprint density at radius 1 is 0.750 bits per heavy atom. The van der Waals surface area contributed by atoms with E-state index in [-0.39, 0.29) is 24.0 Å². The van der Waals surface area contributed by atoms with Crippen molar-refractivity contribution in [1.29, 1.82) is 0 Å². The van der Waals surface area contributed by atoms with Crippen molar-refractivity contribution >= 4 is 5.83 Å². The molecule has 0 aliphatic rings. The number of allylic oxidation sites excluding steroid dienone is 2. The van der Waals surface area contributed by atoms with Gasteiger partial charge in [0.05, 0.1) is 0 Å². The number of aryl methyl sites for hydroxylation is 2. The number of benzene rings is 3. The Bertz CT molecular complexity index is 1120. The van der Waals surface area contributed by atoms with Crippen LogP contribution in [0.25, 0.3) is 17.0 Å². The van der Waals surface area contributed by atoms with Gasteiger partial charge in [0, 0.05) is 17.5 Å². The predicted octanol–water partition coefficient (Wildman–Crippen LogP) is 8.27. The topological polar surface area (TPSA) is 0 Å². The van der Waals surface area contributed by atoms with Gasteiger partial charge in [0.25, 0.3) is 0 Å². The standard InChI is InChI=1S/C26H20F6/c1-2-3-4-21(27)25(31)19-11-12-20(22(28)15-19)18-9-7-16(8-10-18)5-6-17-13-23(29)26(32)24(30)14-17/h2,7-15H,1,3-6H2/b25-21+. The Kier molecular flexibility index (Phi) is 7.57. The first-order valence-electron chi connectivity index (χ1n) is 9.98. The van der Waals surface area contributed by atoms with Gasteiger partial charge in [-0.25, -0.2) is 26.3 Å². The van der Waals surface area contributed by atoms with E-state index in [9.17, 15) is 26.3 Å². The molecule has 0 bridgehead atoms. The Morgan fingerprint density at radius 2 is 1.38 bits per heavy atom. The Morgan fingerprint density at radius 3 is 1.97 bits per heavy atom. The van der Waals surface area contributed by atoms with Crippen LogP contribution in [0.3, 0.4) is 0 Å². The monoisotopic (exact) mass is 446 g/mol. The molecule has 3 aromatic carbocycles. The van der Waals surface area contributed by atoms with Gasteiger partial charge in [0.2, 0.25) is 0 Å². The Labute approximate surface area is 182 Å². The molecule has 0 saturated heterocycles. The van der Waals surface area contributed by atoms with Crippen LogP contribution in [-0.2, 0) is 12.8 Å². The molecule has 3 aromatic rings. The van der Waals surface area contributed by atoms with Gasteiger partial charge >= 0.3 is 0 Å². The highest BCUT2D eigenvalue weighted by Crippen LogP contribution is 2.30. The molecule has 0 unspecified atom stereocenters. The molecule has 0 aliphatic carbocycles. The summed E-state index contributed by atoms with van der Waals surface area (Å²) in [6.07, 6.45) is 2.33. The third kappa shape index (κ3) is 5.49. The van der Waals surface area contributed by atoms with Gasteiger partial charge in [0.15, 0.2) is 23.3 Å². The molecule has 0 radical (unpaired) electrons. The second-order valence-corrected chi connectivity index (χ2v) is 7.31. The second kappa shape index (κ2) is 10.4. The lowest BCUT2D eigenvalue weighted by atomic mass is 9.98. The molecule has 0 nitrogen and oxygen atoms in total. The van der Waals surface area contributed by atoms with Crippen molar-refractivity contribution in [1.82, 2.24) is 0 Å². The van der Waals surface area contributed by atoms with E-state index in [1.807, 2.05) is 0 Å². The molecule has 32 heavy (non-hydrogen) atoms. The molecule has 0 atom stereocenters. The minimum Gasteiger partial charge on any atom is -0.209 e. The molecule has 0 saturated carbocycles. The van der Waals surface area contributed by atoms with Gasteiger partial charge in [-0.15, -0.1) is 6.58 Å². The fourth-order valence-electron chi connectivity index (χ4n) is 3.27. The Balaban J connectivity index is 1.72. The molecule has 0 N–H and O–H groups in total. The van der Waals surface area contributed by atoms with Crippen molar-refractivity contribution in [3.63, 3.8) is 0 Å². The summed E-state index contributed by atoms with van der Waals surface area (Å²) in [5.41, 5.74) is 1.73. The highest BCUT2D eigenvalue weighted by molar-refractivity contribution is 5.69. The van der Waals surface area contributed by atoms with Gasteiger partial charge in [-0.3, -0.25) is 0 Å². The number of halogens is 6. The maximum atomic E-state index is 14.6. The van der Waals surface area contributed by atoms with Crippen molar-refractivity contribution in [3.8, 4) is 11.1 Å². The van der Waals surface area contributed by atoms with Crippen molar-refractivity contribution in [3.05, 3.63) is 113 Å². The predicted molar refractivity (Wildman–Crippen MR) is 114 cm³/mol. The zero-order chi connectivity index (χ0) is 23.3. The van der Waals surface area contributed by atoms with Crippen molar-refractivity contribution in [2.75, 3.05) is 0 Å². The molecular formula is C26H20F6. The third-order valence-corrected chi connectivity index (χ3v) is 5.04. The fourth-order valence-corrected chi connectivity index (χ4v) is 3.27. The van der Waals surface area contributed by atoms with Crippen LogP contribution in [0.15, 0.2) is 73.1 Å². The van der Waals surface area contributed by atoms with Gasteiger partial charge < -0.3 is 0 Å². The van der Waals surface area contributed by atoms with E-state index >= 15 is 0 Å². The van der Waals surface area contributed by atoms with Gasteiger partial charge in [-0.05, 0) is 54.2 Å². The largest absolute Gasteiger partial charge is 0.209 e. The van der Waals surface area contributed by atoms with E-state index in [4.69, 9.17) is 0 Å². The lowest BCUT2D eigenvalue weighted by Gasteiger charge is -2.08. The number of hydrogen-bond donors (Lipinski definition) is 0. The summed E-state index contributed by atoms with van der Waals surface area (Å²) < 4.78 is 82.2. The van der Waals surface area contributed by atoms with E-state index in [1.54, 1.807) is 24.3 Å². The fraction of sp³-hybridized carbons (Fsp3) is 0.154. The van der Waals surface area contributed by atoms with E-state index in [0.717, 1.165) is 23.8 Å². The van der Waals surface area contributed by atoms with Gasteiger partial charge in [0.1, 0.15) is 11.6 Å². The van der Waals surface area contributed by atoms with E-state index in [0.29, 0.717) is 24.0 Å². The van der Waals surface area contributed by atoms with Crippen molar-refractivity contribution in [2.45, 2.75) is 25.7 Å². The molecule has 3 rings (SSSR count). The first kappa shape index (κ1) is 23.4. The maximum Gasteiger partial charge on any atom is 0.194 e. The molecule has 166 valence electrons. The SMILES string of the molecule is C=CCC/C(F)=C(\F)c1ccc(-c2ccc(CCc3cc(F)c(F)c(F)c3)cc2)c(F)c1. The summed E-state index contributed by atoms with van der Waals surface area (Å²) in [5, 5.41) is 0. The minimum atomic E-state index is -1.50. The lowest BCUT2D eigenvalue weighted by Crippen LogP contribution is -1.97. The highest BCUT2D eigenvalue weighted by Gasteiger charge is 2.13. The van der Waals surface area contributed by atoms with Crippen LogP contribution < -0.4 is 0 Å². The summed E-state index contributed by atoms with van der Waals surface area (Å²) in [6, 6.07) is 12.3. The molecule has 0 fully saturated rings. The molecule has 0 aliphatic heterocycles. The number of hydrogen-bond acceptors (Lipinski definition) is 0. The molecule has 6 heteroatoms. The van der Waals surface area contributed by atoms with Crippen LogP contribution >= 0.6 is 0 Å². The average molecular weight is 446 g/mol. The lowest BCUT2D eigenvalue weighted by molar-refractivity contribution is 0.445. The van der Waals surface area contributed by atoms with Crippen molar-refractivity contribution in [2.24, 2.45) is 0 Å². The molecule has 0 heterocycles. The van der Waals surface area contributed by atoms with Crippen LogP contribution in [0, 0.1) is 23.3 Å². The Hall–Kier alpha value is -3.28. The third-order valence-electron chi connectivity index (χ3n) is 5.04. The minimum absolute atomic E-state index is 0.141. The summed E-state index contributed by atoms with van der Waals surface area (Å²) >= 11 is 0. The quantitative estimate of drug-likeness (QED) is 0.186. The summed E-state index contributed by atoms with van der Waals surface area (Å²) in [7, 11) is 0. The van der Waals surface area contributed by atoms with Crippen LogP contribution in [0.2, 0.25) is 0 Å². The van der Waals surface area contributed by atoms with Gasteiger partial charge in [-0.1, -0.05) is 42.5 Å². The second-order valence-electron chi connectivity index (χ2n) is 7.31. The number of rotatable bonds is 8. The highest BCUT2D eigenvalue weighted by atomic mass is 19.2. The van der Waals surface area contributed by atoms with Gasteiger partial charge in [-0.2, -0.15) is 0 Å². The first-order valence-corrected chi connectivity index (χ1v) is 9.98. The van der Waals surface area contributed by atoms with Crippen molar-refractivity contribution < 1.29 is 26.3 Å². The van der Waals surface area contributed by atoms with E-state index < -0.39 is 34.9 Å². The smallest absolute Gasteiger partial charge is 0.194 e. The van der Waals surface area contributed by atoms with Crippen LogP contribution in [0.1, 0.15) is 29.5 Å². The maximum absolute atomic E-state index is 14.6. The van der Waals surface area contributed by atoms with E-state index in [1.165, 1.54) is 18.2 Å². The normalized spacial score (nSPS) is 11.9. The summed E-state index contributed by atoms with van der Waals surface area (Å²) in [6.45, 7) is 3.45. The molecule has 0 aromatic heterocycles. The van der Waals surface area contributed by atoms with Crippen LogP contribution in [-0.4, -0.2) is 0 Å². The van der Waals surface area contributed by atoms with Crippen LogP contribution in [0.5, 0.6) is 0 Å².